The molecular formula is C22H23FN6O2. The highest BCUT2D eigenvalue weighted by Gasteiger charge is 2.15. The van der Waals surface area contributed by atoms with Gasteiger partial charge in [0.1, 0.15) is 23.7 Å². The Kier molecular flexibility index (Phi) is 6.30. The zero-order valence-electron chi connectivity index (χ0n) is 17.0. The second kappa shape index (κ2) is 9.46. The minimum atomic E-state index is -0.340. The summed E-state index contributed by atoms with van der Waals surface area (Å²) >= 11 is 0. The lowest BCUT2D eigenvalue weighted by Gasteiger charge is -2.27. The van der Waals surface area contributed by atoms with E-state index in [4.69, 9.17) is 0 Å². The lowest BCUT2D eigenvalue weighted by atomic mass is 10.1. The molecule has 9 heteroatoms. The number of amides is 1. The highest BCUT2D eigenvalue weighted by Crippen LogP contribution is 2.17. The van der Waals surface area contributed by atoms with Gasteiger partial charge in [0.15, 0.2) is 0 Å². The quantitative estimate of drug-likeness (QED) is 0.655. The molecule has 1 saturated heterocycles. The van der Waals surface area contributed by atoms with Gasteiger partial charge in [-0.15, -0.1) is 0 Å². The van der Waals surface area contributed by atoms with E-state index in [9.17, 15) is 14.0 Å². The van der Waals surface area contributed by atoms with Gasteiger partial charge in [0, 0.05) is 37.3 Å². The van der Waals surface area contributed by atoms with Gasteiger partial charge in [-0.25, -0.2) is 19.0 Å². The minimum absolute atomic E-state index is 0.198. The topological polar surface area (TPSA) is 93.0 Å². The van der Waals surface area contributed by atoms with E-state index in [1.54, 1.807) is 24.3 Å². The first-order valence-corrected chi connectivity index (χ1v) is 10.3. The Labute approximate surface area is 178 Å². The van der Waals surface area contributed by atoms with Crippen LogP contribution in [0.25, 0.3) is 11.3 Å². The molecular weight excluding hydrogens is 399 g/mol. The predicted molar refractivity (Wildman–Crippen MR) is 114 cm³/mol. The van der Waals surface area contributed by atoms with E-state index in [2.05, 4.69) is 25.3 Å². The summed E-state index contributed by atoms with van der Waals surface area (Å²) in [5, 5.41) is 7.09. The van der Waals surface area contributed by atoms with Crippen molar-refractivity contribution in [2.24, 2.45) is 0 Å². The van der Waals surface area contributed by atoms with Crippen LogP contribution < -0.4 is 15.8 Å². The predicted octanol–water partition coefficient (Wildman–Crippen LogP) is 2.26. The standard InChI is InChI=1S/C22H23FN6O2/c23-17-6-4-16(5-7-17)18-8-9-21(30)29(27-18)13-10-24-22(31)19-14-20(26-15-25-19)28-11-2-1-3-12-28/h4-9,14-15H,1-3,10-13H2,(H,24,31). The van der Waals surface area contributed by atoms with Crippen LogP contribution in [0.15, 0.2) is 53.6 Å². The molecule has 0 spiro atoms. The van der Waals surface area contributed by atoms with E-state index in [-0.39, 0.29) is 36.1 Å². The molecule has 0 saturated carbocycles. The number of nitrogens with one attached hydrogen (secondary N) is 1. The first kappa shape index (κ1) is 20.6. The van der Waals surface area contributed by atoms with Gasteiger partial charge in [-0.3, -0.25) is 9.59 Å². The first-order chi connectivity index (χ1) is 15.1. The van der Waals surface area contributed by atoms with Crippen molar-refractivity contribution in [1.82, 2.24) is 25.1 Å². The monoisotopic (exact) mass is 422 g/mol. The van der Waals surface area contributed by atoms with E-state index in [0.29, 0.717) is 11.3 Å². The van der Waals surface area contributed by atoms with E-state index in [1.807, 2.05) is 0 Å². The van der Waals surface area contributed by atoms with E-state index >= 15 is 0 Å². The summed E-state index contributed by atoms with van der Waals surface area (Å²) in [5.41, 5.74) is 1.25. The van der Waals surface area contributed by atoms with Crippen molar-refractivity contribution in [2.75, 3.05) is 24.5 Å². The molecule has 160 valence electrons. The van der Waals surface area contributed by atoms with Gasteiger partial charge < -0.3 is 10.2 Å². The fourth-order valence-corrected chi connectivity index (χ4v) is 3.52. The molecule has 0 radical (unpaired) electrons. The maximum absolute atomic E-state index is 13.1. The number of nitrogens with zero attached hydrogens (tertiary/aromatic N) is 5. The highest BCUT2D eigenvalue weighted by molar-refractivity contribution is 5.92. The van der Waals surface area contributed by atoms with Crippen molar-refractivity contribution in [3.8, 4) is 11.3 Å². The van der Waals surface area contributed by atoms with Gasteiger partial charge in [0.2, 0.25) is 0 Å². The Morgan fingerprint density at radius 2 is 1.81 bits per heavy atom. The molecule has 1 aliphatic heterocycles. The van der Waals surface area contributed by atoms with Gasteiger partial charge in [0.05, 0.1) is 12.2 Å². The zero-order chi connectivity index (χ0) is 21.6. The van der Waals surface area contributed by atoms with Crippen LogP contribution in [0.1, 0.15) is 29.8 Å². The molecule has 8 nitrogen and oxygen atoms in total. The summed E-state index contributed by atoms with van der Waals surface area (Å²) in [6.45, 7) is 2.26. The van der Waals surface area contributed by atoms with Crippen molar-refractivity contribution in [3.05, 3.63) is 70.7 Å². The smallest absolute Gasteiger partial charge is 0.270 e. The molecule has 2 aromatic heterocycles. The van der Waals surface area contributed by atoms with Gasteiger partial charge in [-0.1, -0.05) is 0 Å². The van der Waals surface area contributed by atoms with Crippen molar-refractivity contribution < 1.29 is 9.18 Å². The average Bonchev–Trinajstić information content (AvgIpc) is 2.81. The van der Waals surface area contributed by atoms with Crippen LogP contribution in [0.3, 0.4) is 0 Å². The largest absolute Gasteiger partial charge is 0.357 e. The second-order valence-corrected chi connectivity index (χ2v) is 7.35. The number of hydrogen-bond acceptors (Lipinski definition) is 6. The molecule has 3 aromatic rings. The first-order valence-electron chi connectivity index (χ1n) is 10.3. The van der Waals surface area contributed by atoms with E-state index in [0.717, 1.165) is 31.7 Å². The molecule has 0 atom stereocenters. The fourth-order valence-electron chi connectivity index (χ4n) is 3.52. The van der Waals surface area contributed by atoms with Crippen molar-refractivity contribution in [2.45, 2.75) is 25.8 Å². The van der Waals surface area contributed by atoms with Gasteiger partial charge in [-0.2, -0.15) is 5.10 Å². The van der Waals surface area contributed by atoms with Crippen molar-refractivity contribution >= 4 is 11.7 Å². The van der Waals surface area contributed by atoms with Gasteiger partial charge in [0.25, 0.3) is 11.5 Å². The molecule has 1 amide bonds. The Hall–Kier alpha value is -3.62. The highest BCUT2D eigenvalue weighted by atomic mass is 19.1. The van der Waals surface area contributed by atoms with Gasteiger partial charge >= 0.3 is 0 Å². The summed E-state index contributed by atoms with van der Waals surface area (Å²) in [7, 11) is 0. The molecule has 0 aliphatic carbocycles. The van der Waals surface area contributed by atoms with E-state index < -0.39 is 0 Å². The Morgan fingerprint density at radius 3 is 2.58 bits per heavy atom. The Balaban J connectivity index is 1.39. The number of halogens is 1. The van der Waals surface area contributed by atoms with Crippen molar-refractivity contribution in [3.63, 3.8) is 0 Å². The molecule has 1 fully saturated rings. The number of carbonyl (C=O) groups is 1. The Morgan fingerprint density at radius 1 is 1.03 bits per heavy atom. The molecule has 1 N–H and O–H groups in total. The van der Waals surface area contributed by atoms with Gasteiger partial charge in [-0.05, 0) is 49.6 Å². The fraction of sp³-hybridized carbons (Fsp3) is 0.318. The summed E-state index contributed by atoms with van der Waals surface area (Å²) in [6.07, 6.45) is 4.84. The lowest BCUT2D eigenvalue weighted by Crippen LogP contribution is -2.33. The third-order valence-electron chi connectivity index (χ3n) is 5.18. The maximum atomic E-state index is 13.1. The Bertz CT molecular complexity index is 1110. The third kappa shape index (κ3) is 5.11. The maximum Gasteiger partial charge on any atom is 0.270 e. The third-order valence-corrected chi connectivity index (χ3v) is 5.18. The van der Waals surface area contributed by atoms with E-state index in [1.165, 1.54) is 35.6 Å². The summed E-state index contributed by atoms with van der Waals surface area (Å²) < 4.78 is 14.4. The molecule has 31 heavy (non-hydrogen) atoms. The number of aromatic nitrogens is 4. The SMILES string of the molecule is O=C(NCCn1nc(-c2ccc(F)cc2)ccc1=O)c1cc(N2CCCCC2)ncn1. The van der Waals surface area contributed by atoms with Crippen LogP contribution in [0.5, 0.6) is 0 Å². The zero-order valence-corrected chi connectivity index (χ0v) is 17.0. The minimum Gasteiger partial charge on any atom is -0.357 e. The summed E-state index contributed by atoms with van der Waals surface area (Å²) in [6, 6.07) is 10.6. The summed E-state index contributed by atoms with van der Waals surface area (Å²) in [4.78, 5) is 35.2. The number of piperidine rings is 1. The van der Waals surface area contributed by atoms with Crippen LogP contribution in [-0.4, -0.2) is 45.3 Å². The van der Waals surface area contributed by atoms with Crippen LogP contribution in [0.4, 0.5) is 10.2 Å². The number of rotatable bonds is 6. The molecule has 0 unspecified atom stereocenters. The van der Waals surface area contributed by atoms with Crippen LogP contribution >= 0.6 is 0 Å². The second-order valence-electron chi connectivity index (χ2n) is 7.35. The summed E-state index contributed by atoms with van der Waals surface area (Å²) in [5.74, 6) is 0.0843. The molecule has 4 rings (SSSR count). The van der Waals surface area contributed by atoms with Crippen molar-refractivity contribution in [1.29, 1.82) is 0 Å². The van der Waals surface area contributed by atoms with Crippen LogP contribution in [-0.2, 0) is 6.54 Å². The number of carbonyl (C=O) groups excluding carboxylic acids is 1. The van der Waals surface area contributed by atoms with Crippen LogP contribution in [0.2, 0.25) is 0 Å². The molecule has 1 aliphatic rings. The molecule has 1 aromatic carbocycles. The normalized spacial score (nSPS) is 13.8. The number of hydrogen-bond donors (Lipinski definition) is 1. The van der Waals surface area contributed by atoms with Crippen LogP contribution in [0, 0.1) is 5.82 Å². The number of anilines is 1. The number of benzene rings is 1. The molecule has 0 bridgehead atoms. The average molecular weight is 422 g/mol. The molecule has 3 heterocycles. The lowest BCUT2D eigenvalue weighted by molar-refractivity contribution is 0.0946.